The van der Waals surface area contributed by atoms with Gasteiger partial charge in [-0.15, -0.1) is 11.3 Å². The topological polar surface area (TPSA) is 52.5 Å². The Morgan fingerprint density at radius 2 is 2.19 bits per heavy atom. The van der Waals surface area contributed by atoms with Crippen molar-refractivity contribution >= 4 is 27.4 Å². The summed E-state index contributed by atoms with van der Waals surface area (Å²) in [5, 5.41) is 12.8. The average molecular weight is 306 g/mol. The van der Waals surface area contributed by atoms with Crippen molar-refractivity contribution in [2.24, 2.45) is 5.92 Å². The molecular formula is C15H22N4OS. The number of aromatic nitrogens is 2. The Morgan fingerprint density at radius 3 is 2.95 bits per heavy atom. The first-order chi connectivity index (χ1) is 10.2. The van der Waals surface area contributed by atoms with Gasteiger partial charge in [-0.2, -0.15) is 0 Å². The first-order valence-electron chi connectivity index (χ1n) is 7.39. The summed E-state index contributed by atoms with van der Waals surface area (Å²) >= 11 is 1.65. The Bertz CT molecular complexity index is 600. The van der Waals surface area contributed by atoms with Gasteiger partial charge in [-0.3, -0.25) is 0 Å². The van der Waals surface area contributed by atoms with Gasteiger partial charge in [0.05, 0.1) is 5.39 Å². The maximum Gasteiger partial charge on any atom is 0.140 e. The van der Waals surface area contributed by atoms with E-state index in [1.165, 1.54) is 0 Å². The molecule has 114 valence electrons. The van der Waals surface area contributed by atoms with Crippen molar-refractivity contribution in [1.29, 1.82) is 0 Å². The van der Waals surface area contributed by atoms with Crippen molar-refractivity contribution in [2.45, 2.75) is 18.9 Å². The van der Waals surface area contributed by atoms with Crippen LogP contribution in [0.2, 0.25) is 0 Å². The predicted molar refractivity (Wildman–Crippen MR) is 86.9 cm³/mol. The van der Waals surface area contributed by atoms with E-state index in [4.69, 9.17) is 0 Å². The van der Waals surface area contributed by atoms with Crippen LogP contribution < -0.4 is 4.90 Å². The van der Waals surface area contributed by atoms with Gasteiger partial charge in [-0.1, -0.05) is 0 Å². The number of aliphatic hydroxyl groups is 1. The lowest BCUT2D eigenvalue weighted by Crippen LogP contribution is -2.40. The molecule has 0 aliphatic carbocycles. The molecule has 0 aromatic carbocycles. The monoisotopic (exact) mass is 306 g/mol. The smallest absolute Gasteiger partial charge is 0.140 e. The van der Waals surface area contributed by atoms with Crippen molar-refractivity contribution in [3.63, 3.8) is 0 Å². The molecule has 5 nitrogen and oxygen atoms in total. The van der Waals surface area contributed by atoms with Gasteiger partial charge in [-0.05, 0) is 44.3 Å². The van der Waals surface area contributed by atoms with E-state index < -0.39 is 0 Å². The van der Waals surface area contributed by atoms with Crippen molar-refractivity contribution < 1.29 is 5.11 Å². The van der Waals surface area contributed by atoms with E-state index >= 15 is 0 Å². The third-order valence-electron chi connectivity index (χ3n) is 4.35. The molecule has 0 spiro atoms. The van der Waals surface area contributed by atoms with Gasteiger partial charge in [0.2, 0.25) is 0 Å². The molecule has 2 aromatic heterocycles. The number of likely N-dealkylation sites (N-methyl/N-ethyl adjacent to an activating group) is 1. The van der Waals surface area contributed by atoms with Crippen LogP contribution in [-0.2, 0) is 0 Å². The number of nitrogens with zero attached hydrogens (tertiary/aromatic N) is 4. The van der Waals surface area contributed by atoms with Crippen LogP contribution in [0.25, 0.3) is 10.2 Å². The molecule has 1 saturated heterocycles. The summed E-state index contributed by atoms with van der Waals surface area (Å²) in [4.78, 5) is 14.5. The molecule has 0 bridgehead atoms. The number of aliphatic hydroxyl groups excluding tert-OH is 1. The van der Waals surface area contributed by atoms with Crippen molar-refractivity contribution in [1.82, 2.24) is 14.9 Å². The van der Waals surface area contributed by atoms with E-state index in [9.17, 15) is 5.11 Å². The highest BCUT2D eigenvalue weighted by Gasteiger charge is 2.26. The fraction of sp³-hybridized carbons (Fsp3) is 0.600. The Hall–Kier alpha value is -1.24. The molecule has 0 radical (unpaired) electrons. The van der Waals surface area contributed by atoms with Gasteiger partial charge in [0.1, 0.15) is 17.0 Å². The zero-order valence-electron chi connectivity index (χ0n) is 12.6. The molecule has 0 amide bonds. The van der Waals surface area contributed by atoms with Gasteiger partial charge in [-0.25, -0.2) is 9.97 Å². The molecule has 3 heterocycles. The van der Waals surface area contributed by atoms with E-state index in [1.807, 2.05) is 0 Å². The Balaban J connectivity index is 1.95. The number of anilines is 1. The van der Waals surface area contributed by atoms with Crippen LogP contribution in [-0.4, -0.2) is 59.8 Å². The minimum Gasteiger partial charge on any atom is -0.396 e. The van der Waals surface area contributed by atoms with Gasteiger partial charge in [0.15, 0.2) is 0 Å². The molecule has 21 heavy (non-hydrogen) atoms. The van der Waals surface area contributed by atoms with Gasteiger partial charge >= 0.3 is 0 Å². The lowest BCUT2D eigenvalue weighted by Gasteiger charge is -2.30. The summed E-state index contributed by atoms with van der Waals surface area (Å²) in [6.45, 7) is 2.06. The van der Waals surface area contributed by atoms with Crippen molar-refractivity contribution in [3.8, 4) is 0 Å². The summed E-state index contributed by atoms with van der Waals surface area (Å²) in [6.07, 6.45) is 3.83. The van der Waals surface area contributed by atoms with E-state index in [0.717, 1.165) is 42.0 Å². The minimum absolute atomic E-state index is 0.245. The van der Waals surface area contributed by atoms with Crippen LogP contribution in [0.15, 0.2) is 17.8 Å². The highest BCUT2D eigenvalue weighted by Crippen LogP contribution is 2.30. The lowest BCUT2D eigenvalue weighted by molar-refractivity contribution is 0.216. The molecule has 0 saturated carbocycles. The predicted octanol–water partition coefficient (Wildman–Crippen LogP) is 1.83. The Morgan fingerprint density at radius 1 is 1.33 bits per heavy atom. The molecular weight excluding hydrogens is 284 g/mol. The van der Waals surface area contributed by atoms with Crippen LogP contribution in [0.1, 0.15) is 12.8 Å². The van der Waals surface area contributed by atoms with Crippen LogP contribution in [0.5, 0.6) is 0 Å². The van der Waals surface area contributed by atoms with E-state index in [1.54, 1.807) is 17.7 Å². The molecule has 1 fully saturated rings. The van der Waals surface area contributed by atoms with Crippen LogP contribution in [0.4, 0.5) is 5.82 Å². The fourth-order valence-corrected chi connectivity index (χ4v) is 3.75. The molecule has 0 unspecified atom stereocenters. The Labute approximate surface area is 129 Å². The normalized spacial score (nSPS) is 23.7. The summed E-state index contributed by atoms with van der Waals surface area (Å²) < 4.78 is 0. The number of hydrogen-bond acceptors (Lipinski definition) is 6. The van der Waals surface area contributed by atoms with Crippen LogP contribution >= 0.6 is 11.3 Å². The number of thiophene rings is 1. The second kappa shape index (κ2) is 6.25. The maximum atomic E-state index is 9.61. The largest absolute Gasteiger partial charge is 0.396 e. The molecule has 2 aromatic rings. The third-order valence-corrected chi connectivity index (χ3v) is 5.17. The minimum atomic E-state index is 0.245. The molecule has 1 N–H and O–H groups in total. The second-order valence-electron chi connectivity index (χ2n) is 5.99. The summed E-state index contributed by atoms with van der Waals surface area (Å²) in [7, 11) is 4.25. The SMILES string of the molecule is CN(C)[C@@H]1CC[C@H](CO)CN(c2ncnc3sccc23)C1. The molecule has 1 aliphatic heterocycles. The van der Waals surface area contributed by atoms with Crippen molar-refractivity contribution in [3.05, 3.63) is 17.8 Å². The molecule has 3 rings (SSSR count). The zero-order valence-corrected chi connectivity index (χ0v) is 13.4. The first-order valence-corrected chi connectivity index (χ1v) is 8.27. The highest BCUT2D eigenvalue weighted by molar-refractivity contribution is 7.16. The first kappa shape index (κ1) is 14.7. The van der Waals surface area contributed by atoms with Crippen molar-refractivity contribution in [2.75, 3.05) is 38.7 Å². The lowest BCUT2D eigenvalue weighted by atomic mass is 10.0. The van der Waals surface area contributed by atoms with Gasteiger partial charge < -0.3 is 14.9 Å². The van der Waals surface area contributed by atoms with Crippen LogP contribution in [0, 0.1) is 5.92 Å². The third kappa shape index (κ3) is 3.02. The number of rotatable bonds is 3. The molecule has 1 aliphatic rings. The number of fused-ring (bicyclic) bond motifs is 1. The highest BCUT2D eigenvalue weighted by atomic mass is 32.1. The summed E-state index contributed by atoms with van der Waals surface area (Å²) in [5.74, 6) is 1.33. The summed E-state index contributed by atoms with van der Waals surface area (Å²) in [5.41, 5.74) is 0. The quantitative estimate of drug-likeness (QED) is 0.937. The second-order valence-corrected chi connectivity index (χ2v) is 6.88. The van der Waals surface area contributed by atoms with Crippen LogP contribution in [0.3, 0.4) is 0 Å². The standard InChI is InChI=1S/C15H22N4OS/c1-18(2)12-4-3-11(9-20)7-19(8-12)14-13-5-6-21-15(13)17-10-16-14/h5-6,10-12,20H,3-4,7-9H2,1-2H3/t11-,12+/m0/s1. The van der Waals surface area contributed by atoms with Gasteiger partial charge in [0, 0.05) is 25.7 Å². The zero-order chi connectivity index (χ0) is 14.8. The maximum absolute atomic E-state index is 9.61. The fourth-order valence-electron chi connectivity index (χ4n) is 3.02. The summed E-state index contributed by atoms with van der Waals surface area (Å²) in [6, 6.07) is 2.59. The number of hydrogen-bond donors (Lipinski definition) is 1. The van der Waals surface area contributed by atoms with E-state index in [-0.39, 0.29) is 6.61 Å². The molecule has 2 atom stereocenters. The average Bonchev–Trinajstić information content (AvgIpc) is 2.85. The van der Waals surface area contributed by atoms with Gasteiger partial charge in [0.25, 0.3) is 0 Å². The van der Waals surface area contributed by atoms with E-state index in [2.05, 4.69) is 45.3 Å². The molecule has 6 heteroatoms. The van der Waals surface area contributed by atoms with E-state index in [0.29, 0.717) is 12.0 Å². The Kier molecular flexibility index (Phi) is 4.37.